The Morgan fingerprint density at radius 3 is 2.41 bits per heavy atom. The van der Waals surface area contributed by atoms with Gasteiger partial charge in [-0.05, 0) is 32.1 Å². The maximum absolute atomic E-state index is 6.09. The van der Waals surface area contributed by atoms with Crippen molar-refractivity contribution in [2.75, 3.05) is 26.8 Å². The van der Waals surface area contributed by atoms with Gasteiger partial charge in [0.15, 0.2) is 0 Å². The van der Waals surface area contributed by atoms with Crippen LogP contribution in [-0.4, -0.2) is 43.3 Å². The molecule has 2 saturated carbocycles. The quantitative estimate of drug-likeness (QED) is 0.705. The zero-order chi connectivity index (χ0) is 12.3. The van der Waals surface area contributed by atoms with Gasteiger partial charge >= 0.3 is 0 Å². The molecule has 1 unspecified atom stereocenters. The molecule has 0 amide bonds. The van der Waals surface area contributed by atoms with Gasteiger partial charge in [0, 0.05) is 31.8 Å². The number of ether oxygens (including phenoxy) is 1. The standard InChI is InChI=1S/C14H28N2O/c1-14(11-15,10-12-4-3-5-12)16(8-9-17-2)13-6-7-13/h12-13H,3-11,15H2,1-2H3. The Hall–Kier alpha value is -0.120. The van der Waals surface area contributed by atoms with Crippen LogP contribution in [0.25, 0.3) is 0 Å². The highest BCUT2D eigenvalue weighted by atomic mass is 16.5. The summed E-state index contributed by atoms with van der Waals surface area (Å²) in [6.07, 6.45) is 8.24. The first-order valence-corrected chi connectivity index (χ1v) is 7.15. The minimum atomic E-state index is 0.199. The first-order valence-electron chi connectivity index (χ1n) is 7.15. The van der Waals surface area contributed by atoms with Crippen LogP contribution in [0.3, 0.4) is 0 Å². The van der Waals surface area contributed by atoms with Crippen molar-refractivity contribution in [1.29, 1.82) is 0 Å². The van der Waals surface area contributed by atoms with Crippen molar-refractivity contribution < 1.29 is 4.74 Å². The molecule has 17 heavy (non-hydrogen) atoms. The Morgan fingerprint density at radius 2 is 2.00 bits per heavy atom. The maximum Gasteiger partial charge on any atom is 0.0590 e. The van der Waals surface area contributed by atoms with Crippen molar-refractivity contribution >= 4 is 0 Å². The average Bonchev–Trinajstić information content (AvgIpc) is 3.08. The fraction of sp³-hybridized carbons (Fsp3) is 1.00. The van der Waals surface area contributed by atoms with Gasteiger partial charge in [0.1, 0.15) is 0 Å². The van der Waals surface area contributed by atoms with Crippen molar-refractivity contribution in [1.82, 2.24) is 4.90 Å². The Balaban J connectivity index is 1.94. The van der Waals surface area contributed by atoms with E-state index in [1.165, 1.54) is 38.5 Å². The third-order valence-electron chi connectivity index (χ3n) is 4.61. The zero-order valence-corrected chi connectivity index (χ0v) is 11.5. The Kier molecular flexibility index (Phi) is 4.45. The molecule has 0 aromatic rings. The molecule has 2 rings (SSSR count). The topological polar surface area (TPSA) is 38.5 Å². The van der Waals surface area contributed by atoms with Crippen LogP contribution in [0.15, 0.2) is 0 Å². The molecule has 0 aromatic heterocycles. The number of nitrogens with two attached hydrogens (primary N) is 1. The van der Waals surface area contributed by atoms with E-state index in [2.05, 4.69) is 11.8 Å². The van der Waals surface area contributed by atoms with E-state index in [1.807, 2.05) is 0 Å². The number of nitrogens with zero attached hydrogens (tertiary/aromatic N) is 1. The fourth-order valence-electron chi connectivity index (χ4n) is 3.11. The zero-order valence-electron chi connectivity index (χ0n) is 11.5. The van der Waals surface area contributed by atoms with Crippen molar-refractivity contribution in [3.05, 3.63) is 0 Å². The summed E-state index contributed by atoms with van der Waals surface area (Å²) in [5, 5.41) is 0. The maximum atomic E-state index is 6.09. The van der Waals surface area contributed by atoms with E-state index in [0.29, 0.717) is 0 Å². The van der Waals surface area contributed by atoms with Crippen LogP contribution >= 0.6 is 0 Å². The van der Waals surface area contributed by atoms with Crippen LogP contribution < -0.4 is 5.73 Å². The normalized spacial score (nSPS) is 24.7. The van der Waals surface area contributed by atoms with Crippen LogP contribution in [0.2, 0.25) is 0 Å². The van der Waals surface area contributed by atoms with E-state index in [4.69, 9.17) is 10.5 Å². The van der Waals surface area contributed by atoms with Gasteiger partial charge in [-0.25, -0.2) is 0 Å². The highest BCUT2D eigenvalue weighted by Gasteiger charge is 2.41. The summed E-state index contributed by atoms with van der Waals surface area (Å²) in [4.78, 5) is 2.63. The van der Waals surface area contributed by atoms with Gasteiger partial charge in [-0.3, -0.25) is 4.90 Å². The first kappa shape index (κ1) is 13.3. The Morgan fingerprint density at radius 1 is 1.29 bits per heavy atom. The predicted octanol–water partition coefficient (Wildman–Crippen LogP) is 2.00. The van der Waals surface area contributed by atoms with E-state index in [-0.39, 0.29) is 5.54 Å². The van der Waals surface area contributed by atoms with Crippen LogP contribution in [0.4, 0.5) is 0 Å². The van der Waals surface area contributed by atoms with Gasteiger partial charge in [-0.2, -0.15) is 0 Å². The van der Waals surface area contributed by atoms with Gasteiger partial charge < -0.3 is 10.5 Å². The third kappa shape index (κ3) is 3.21. The molecule has 0 saturated heterocycles. The monoisotopic (exact) mass is 240 g/mol. The van der Waals surface area contributed by atoms with Crippen molar-refractivity contribution in [2.24, 2.45) is 11.7 Å². The number of hydrogen-bond donors (Lipinski definition) is 1. The number of hydrogen-bond acceptors (Lipinski definition) is 3. The van der Waals surface area contributed by atoms with Crippen LogP contribution in [0, 0.1) is 5.92 Å². The largest absolute Gasteiger partial charge is 0.383 e. The SMILES string of the molecule is COCCN(C1CC1)C(C)(CN)CC1CCC1. The van der Waals surface area contributed by atoms with E-state index < -0.39 is 0 Å². The second-order valence-electron chi connectivity index (χ2n) is 6.12. The fourth-order valence-corrected chi connectivity index (χ4v) is 3.11. The molecule has 100 valence electrons. The molecular weight excluding hydrogens is 212 g/mol. The summed E-state index contributed by atoms with van der Waals surface area (Å²) in [6, 6.07) is 0.777. The Bertz CT molecular complexity index is 238. The predicted molar refractivity (Wildman–Crippen MR) is 71.0 cm³/mol. The molecule has 2 aliphatic carbocycles. The summed E-state index contributed by atoms with van der Waals surface area (Å²) in [6.45, 7) is 5.02. The third-order valence-corrected chi connectivity index (χ3v) is 4.61. The smallest absolute Gasteiger partial charge is 0.0590 e. The summed E-state index contributed by atoms with van der Waals surface area (Å²) < 4.78 is 5.25. The molecule has 2 N–H and O–H groups in total. The van der Waals surface area contributed by atoms with Gasteiger partial charge in [0.25, 0.3) is 0 Å². The van der Waals surface area contributed by atoms with Crippen molar-refractivity contribution in [2.45, 2.75) is 57.0 Å². The van der Waals surface area contributed by atoms with Crippen LogP contribution in [0.5, 0.6) is 0 Å². The molecule has 2 fully saturated rings. The van der Waals surface area contributed by atoms with Crippen molar-refractivity contribution in [3.63, 3.8) is 0 Å². The molecule has 0 heterocycles. The van der Waals surface area contributed by atoms with Crippen LogP contribution in [0.1, 0.15) is 45.4 Å². The molecule has 3 nitrogen and oxygen atoms in total. The average molecular weight is 240 g/mol. The minimum Gasteiger partial charge on any atom is -0.383 e. The van der Waals surface area contributed by atoms with Gasteiger partial charge in [-0.1, -0.05) is 19.3 Å². The molecule has 0 spiro atoms. The van der Waals surface area contributed by atoms with E-state index in [0.717, 1.165) is 31.7 Å². The molecular formula is C14H28N2O. The van der Waals surface area contributed by atoms with Gasteiger partial charge in [0.05, 0.1) is 6.61 Å². The molecule has 0 bridgehead atoms. The van der Waals surface area contributed by atoms with E-state index >= 15 is 0 Å². The highest BCUT2D eigenvalue weighted by molar-refractivity contribution is 4.98. The molecule has 3 heteroatoms. The summed E-state index contributed by atoms with van der Waals surface area (Å²) in [5.74, 6) is 0.923. The summed E-state index contributed by atoms with van der Waals surface area (Å²) in [5.41, 5.74) is 6.29. The van der Waals surface area contributed by atoms with Crippen LogP contribution in [-0.2, 0) is 4.74 Å². The molecule has 0 aliphatic heterocycles. The second-order valence-corrected chi connectivity index (χ2v) is 6.12. The summed E-state index contributed by atoms with van der Waals surface area (Å²) in [7, 11) is 1.79. The number of methoxy groups -OCH3 is 1. The Labute approximate surface area is 106 Å². The number of rotatable bonds is 8. The molecule has 2 aliphatic rings. The van der Waals surface area contributed by atoms with E-state index in [1.54, 1.807) is 7.11 Å². The molecule has 1 atom stereocenters. The minimum absolute atomic E-state index is 0.199. The summed E-state index contributed by atoms with van der Waals surface area (Å²) >= 11 is 0. The van der Waals surface area contributed by atoms with Crippen molar-refractivity contribution in [3.8, 4) is 0 Å². The lowest BCUT2D eigenvalue weighted by Gasteiger charge is -2.45. The molecule has 0 aromatic carbocycles. The van der Waals surface area contributed by atoms with E-state index in [9.17, 15) is 0 Å². The van der Waals surface area contributed by atoms with Gasteiger partial charge in [-0.15, -0.1) is 0 Å². The lowest BCUT2D eigenvalue weighted by atomic mass is 9.76. The highest BCUT2D eigenvalue weighted by Crippen LogP contribution is 2.40. The van der Waals surface area contributed by atoms with Gasteiger partial charge in [0.2, 0.25) is 0 Å². The first-order chi connectivity index (χ1) is 8.19. The lowest BCUT2D eigenvalue weighted by Crippen LogP contribution is -2.55. The second kappa shape index (κ2) is 5.68. The lowest BCUT2D eigenvalue weighted by molar-refractivity contribution is 0.0369. The molecule has 0 radical (unpaired) electrons.